The van der Waals surface area contributed by atoms with Gasteiger partial charge in [0.05, 0.1) is 24.4 Å². The summed E-state index contributed by atoms with van der Waals surface area (Å²) < 4.78 is 29.4. The molecule has 3 aliphatic heterocycles. The number of methoxy groups -OCH3 is 3. The van der Waals surface area contributed by atoms with Gasteiger partial charge in [0.1, 0.15) is 30.1 Å². The number of ether oxygens (including phenoxy) is 5. The van der Waals surface area contributed by atoms with Gasteiger partial charge in [-0.3, -0.25) is 19.2 Å². The molecule has 4 aliphatic rings. The molecular formula is C51H79NO13. The molecule has 0 aromatic carbocycles. The van der Waals surface area contributed by atoms with Crippen LogP contribution in [-0.4, -0.2) is 132 Å². The smallest absolute Gasteiger partial charge is 0.329 e. The topological polar surface area (TPSA) is 195 Å². The van der Waals surface area contributed by atoms with E-state index in [1.165, 1.54) is 12.0 Å². The van der Waals surface area contributed by atoms with Crippen LogP contribution in [0.5, 0.6) is 0 Å². The number of aliphatic hydroxyl groups excluding tert-OH is 2. The highest BCUT2D eigenvalue weighted by Crippen LogP contribution is 2.38. The Bertz CT molecular complexity index is 1760. The summed E-state index contributed by atoms with van der Waals surface area (Å²) in [7, 11) is 4.52. The Morgan fingerprint density at radius 1 is 0.846 bits per heavy atom. The van der Waals surface area contributed by atoms with E-state index < -0.39 is 83.9 Å². The summed E-state index contributed by atoms with van der Waals surface area (Å²) in [6.45, 7) is 12.7. The Morgan fingerprint density at radius 2 is 1.57 bits per heavy atom. The van der Waals surface area contributed by atoms with Crippen LogP contribution in [0, 0.1) is 35.5 Å². The van der Waals surface area contributed by atoms with Crippen molar-refractivity contribution >= 4 is 29.2 Å². The Hall–Kier alpha value is -3.37. The van der Waals surface area contributed by atoms with Crippen LogP contribution in [0.15, 0.2) is 47.6 Å². The zero-order valence-electron chi connectivity index (χ0n) is 40.6. The Balaban J connectivity index is 1.70. The van der Waals surface area contributed by atoms with Crippen molar-refractivity contribution in [2.75, 3.05) is 27.9 Å². The number of allylic oxidation sites excluding steroid dienone is 6. The van der Waals surface area contributed by atoms with Gasteiger partial charge in [0, 0.05) is 58.5 Å². The lowest BCUT2D eigenvalue weighted by Gasteiger charge is -2.42. The lowest BCUT2D eigenvalue weighted by Crippen LogP contribution is -2.61. The van der Waals surface area contributed by atoms with Crippen LogP contribution < -0.4 is 0 Å². The summed E-state index contributed by atoms with van der Waals surface area (Å²) in [6, 6.07) is -1.14. The molecule has 1 aliphatic carbocycles. The molecule has 1 saturated carbocycles. The van der Waals surface area contributed by atoms with Crippen LogP contribution >= 0.6 is 0 Å². The summed E-state index contributed by atoms with van der Waals surface area (Å²) in [6.07, 6.45) is 11.2. The largest absolute Gasteiger partial charge is 0.460 e. The molecule has 3 N–H and O–H groups in total. The fourth-order valence-electron chi connectivity index (χ4n) is 10.1. The van der Waals surface area contributed by atoms with Gasteiger partial charge in [0.2, 0.25) is 5.79 Å². The Kier molecular flexibility index (Phi) is 21.0. The second kappa shape index (κ2) is 25.1. The lowest BCUT2D eigenvalue weighted by atomic mass is 9.78. The third-order valence-corrected chi connectivity index (χ3v) is 14.5. The molecule has 1 amide bonds. The fraction of sp³-hybridized carbons (Fsp3) is 0.745. The van der Waals surface area contributed by atoms with Gasteiger partial charge in [-0.1, -0.05) is 71.1 Å². The van der Waals surface area contributed by atoms with Gasteiger partial charge in [0.25, 0.3) is 11.7 Å². The van der Waals surface area contributed by atoms with E-state index in [1.54, 1.807) is 41.1 Å². The van der Waals surface area contributed by atoms with E-state index in [1.807, 2.05) is 58.1 Å². The number of fused-ring (bicyclic) bond motifs is 3. The minimum atomic E-state index is -2.43. The third kappa shape index (κ3) is 14.3. The molecule has 15 atom stereocenters. The van der Waals surface area contributed by atoms with E-state index in [0.29, 0.717) is 63.4 Å². The van der Waals surface area contributed by atoms with Crippen molar-refractivity contribution in [1.82, 2.24) is 4.90 Å². The molecule has 2 bridgehead atoms. The quantitative estimate of drug-likeness (QED) is 0.156. The molecule has 366 valence electrons. The second-order valence-corrected chi connectivity index (χ2v) is 19.6. The van der Waals surface area contributed by atoms with Crippen LogP contribution in [0.2, 0.25) is 0 Å². The van der Waals surface area contributed by atoms with Crippen LogP contribution in [0.3, 0.4) is 0 Å². The molecule has 0 radical (unpaired) electrons. The number of piperidine rings is 1. The standard InChI is InChI=1S/C51H79NO13/c1-30-16-12-11-13-17-31(2)42(61-8)28-38-21-19-36(7)51(60,65-38)48(57)49(58)52-23-15-14-18-39(52)50(59)64-43(33(4)26-37-20-22-40(53)44(27-37)62-9)29-41(54)32(3)25-35(6)46(56)47(63-10)45(55)34(5)24-30/h11-13,16-17,25,30,32-34,36-40,42-44,46-47,53,56,60H,14-15,18-24,26-29H2,1-10H3/b13-11?,16-12-,31-17?,35-25-. The van der Waals surface area contributed by atoms with E-state index in [-0.39, 0.29) is 54.8 Å². The molecule has 4 rings (SSSR count). The fourth-order valence-corrected chi connectivity index (χ4v) is 10.1. The summed E-state index contributed by atoms with van der Waals surface area (Å²) in [5.74, 6) is -7.96. The molecule has 0 aromatic heterocycles. The maximum atomic E-state index is 14.4. The van der Waals surface area contributed by atoms with Crippen molar-refractivity contribution in [3.8, 4) is 0 Å². The van der Waals surface area contributed by atoms with Crippen LogP contribution in [0.1, 0.15) is 126 Å². The normalized spacial score (nSPS) is 39.1. The number of esters is 1. The van der Waals surface area contributed by atoms with E-state index in [2.05, 4.69) is 0 Å². The first kappa shape index (κ1) is 54.2. The average molecular weight is 914 g/mol. The van der Waals surface area contributed by atoms with E-state index in [0.717, 1.165) is 12.0 Å². The SMILES string of the molecule is COC1CC2CCC(C)C(O)(O2)C(=O)C(=O)N2CCCCC2C(=O)OC(C(C)CC2CCC(O)C(OC)C2)CC(=O)C(C)/C=C(/C)C(O)C(OC)C(=O)C(C)CC(C)/C=C\C=CC=C1C. The van der Waals surface area contributed by atoms with E-state index >= 15 is 0 Å². The van der Waals surface area contributed by atoms with Gasteiger partial charge in [-0.2, -0.15) is 0 Å². The minimum Gasteiger partial charge on any atom is -0.460 e. The van der Waals surface area contributed by atoms with Crippen LogP contribution in [0.4, 0.5) is 0 Å². The van der Waals surface area contributed by atoms with Crippen molar-refractivity contribution in [3.05, 3.63) is 47.6 Å². The maximum Gasteiger partial charge on any atom is 0.329 e. The number of nitrogens with zero attached hydrogens (tertiary/aromatic N) is 1. The first-order valence-corrected chi connectivity index (χ1v) is 23.9. The van der Waals surface area contributed by atoms with Crippen LogP contribution in [0.25, 0.3) is 0 Å². The number of carbonyl (C=O) groups excluding carboxylic acids is 5. The first-order chi connectivity index (χ1) is 30.7. The predicted molar refractivity (Wildman–Crippen MR) is 245 cm³/mol. The van der Waals surface area contributed by atoms with Crippen molar-refractivity contribution in [1.29, 1.82) is 0 Å². The third-order valence-electron chi connectivity index (χ3n) is 14.5. The number of amides is 1. The summed E-state index contributed by atoms with van der Waals surface area (Å²) in [5.41, 5.74) is 1.27. The molecular weight excluding hydrogens is 835 g/mol. The number of rotatable bonds is 6. The highest BCUT2D eigenvalue weighted by Gasteiger charge is 2.53. The monoisotopic (exact) mass is 914 g/mol. The lowest BCUT2D eigenvalue weighted by molar-refractivity contribution is -0.265. The van der Waals surface area contributed by atoms with Gasteiger partial charge < -0.3 is 43.9 Å². The average Bonchev–Trinajstić information content (AvgIpc) is 3.28. The molecule has 14 nitrogen and oxygen atoms in total. The Labute approximate surface area is 387 Å². The van der Waals surface area contributed by atoms with E-state index in [4.69, 9.17) is 23.7 Å². The number of ketones is 3. The Morgan fingerprint density at radius 3 is 2.25 bits per heavy atom. The highest BCUT2D eigenvalue weighted by molar-refractivity contribution is 6.39. The van der Waals surface area contributed by atoms with Gasteiger partial charge in [0.15, 0.2) is 5.78 Å². The number of hydrogen-bond acceptors (Lipinski definition) is 13. The first-order valence-electron chi connectivity index (χ1n) is 23.9. The molecule has 3 fully saturated rings. The van der Waals surface area contributed by atoms with Gasteiger partial charge in [-0.25, -0.2) is 4.79 Å². The second-order valence-electron chi connectivity index (χ2n) is 19.6. The van der Waals surface area contributed by atoms with E-state index in [9.17, 15) is 39.3 Å². The number of cyclic esters (lactones) is 1. The van der Waals surface area contributed by atoms with Crippen molar-refractivity contribution < 1.29 is 63.0 Å². The minimum absolute atomic E-state index is 0.0193. The number of aliphatic hydroxyl groups is 3. The molecule has 65 heavy (non-hydrogen) atoms. The van der Waals surface area contributed by atoms with Crippen molar-refractivity contribution in [3.63, 3.8) is 0 Å². The molecule has 3 heterocycles. The highest BCUT2D eigenvalue weighted by atomic mass is 16.6. The predicted octanol–water partition coefficient (Wildman–Crippen LogP) is 6.18. The van der Waals surface area contributed by atoms with Gasteiger partial charge >= 0.3 is 5.97 Å². The number of Topliss-reactive ketones (excluding diaryl/α,β-unsaturated/α-hetero) is 3. The zero-order valence-corrected chi connectivity index (χ0v) is 40.6. The molecule has 2 saturated heterocycles. The van der Waals surface area contributed by atoms with Crippen LogP contribution in [-0.2, 0) is 47.7 Å². The molecule has 0 spiro atoms. The summed E-state index contributed by atoms with van der Waals surface area (Å²) in [4.78, 5) is 71.8. The molecule has 0 aromatic rings. The van der Waals surface area contributed by atoms with Gasteiger partial charge in [-0.15, -0.1) is 0 Å². The maximum absolute atomic E-state index is 14.4. The summed E-state index contributed by atoms with van der Waals surface area (Å²) >= 11 is 0. The molecule has 14 heteroatoms. The van der Waals surface area contributed by atoms with Crippen molar-refractivity contribution in [2.45, 2.75) is 180 Å². The summed E-state index contributed by atoms with van der Waals surface area (Å²) in [5, 5.41) is 33.8. The van der Waals surface area contributed by atoms with Crippen molar-refractivity contribution in [2.24, 2.45) is 35.5 Å². The number of hydrogen-bond donors (Lipinski definition) is 3. The zero-order chi connectivity index (χ0) is 48.2. The van der Waals surface area contributed by atoms with Gasteiger partial charge in [-0.05, 0) is 107 Å². The molecule has 15 unspecified atom stereocenters. The number of carbonyl (C=O) groups is 5.